The Morgan fingerprint density at radius 1 is 1.06 bits per heavy atom. The van der Waals surface area contributed by atoms with Crippen molar-refractivity contribution in [3.8, 4) is 0 Å². The molecule has 0 atom stereocenters. The third-order valence-corrected chi connectivity index (χ3v) is 5.53. The maximum Gasteiger partial charge on any atom is 0.238 e. The molecule has 1 aliphatic rings. The van der Waals surface area contributed by atoms with Crippen LogP contribution in [-0.4, -0.2) is 40.4 Å². The molecular formula is C24H26FN5O. The Labute approximate surface area is 181 Å². The molecule has 0 unspecified atom stereocenters. The number of benzene rings is 1. The lowest BCUT2D eigenvalue weighted by molar-refractivity contribution is -0.117. The fraction of sp³-hybridized carbons (Fsp3) is 0.292. The van der Waals surface area contributed by atoms with E-state index in [0.717, 1.165) is 43.1 Å². The highest BCUT2D eigenvalue weighted by Crippen LogP contribution is 2.29. The number of hydrogen-bond donors (Lipinski definition) is 2. The molecule has 0 aliphatic carbocycles. The summed E-state index contributed by atoms with van der Waals surface area (Å²) in [6.07, 6.45) is 5.47. The Morgan fingerprint density at radius 2 is 1.87 bits per heavy atom. The van der Waals surface area contributed by atoms with Crippen molar-refractivity contribution in [3.63, 3.8) is 0 Å². The summed E-state index contributed by atoms with van der Waals surface area (Å²) in [5.74, 6) is 1.36. The van der Waals surface area contributed by atoms with Gasteiger partial charge in [0.1, 0.15) is 17.5 Å². The van der Waals surface area contributed by atoms with Crippen LogP contribution in [0.5, 0.6) is 0 Å². The van der Waals surface area contributed by atoms with Crippen molar-refractivity contribution >= 4 is 23.2 Å². The first-order valence-electron chi connectivity index (χ1n) is 10.5. The Morgan fingerprint density at radius 3 is 2.65 bits per heavy atom. The molecule has 0 bridgehead atoms. The number of amides is 1. The highest BCUT2D eigenvalue weighted by molar-refractivity contribution is 5.92. The van der Waals surface area contributed by atoms with Crippen LogP contribution in [0.25, 0.3) is 0 Å². The maximum atomic E-state index is 13.9. The largest absolute Gasteiger partial charge is 0.325 e. The minimum Gasteiger partial charge on any atom is -0.325 e. The van der Waals surface area contributed by atoms with E-state index in [1.54, 1.807) is 18.3 Å². The summed E-state index contributed by atoms with van der Waals surface area (Å²) < 4.78 is 13.9. The van der Waals surface area contributed by atoms with Crippen LogP contribution in [0.4, 0.5) is 21.7 Å². The number of halogens is 1. The van der Waals surface area contributed by atoms with Gasteiger partial charge < -0.3 is 10.6 Å². The number of carbonyl (C=O) groups excluding carboxylic acids is 1. The number of rotatable bonds is 6. The monoisotopic (exact) mass is 419 g/mol. The predicted octanol–water partition coefficient (Wildman–Crippen LogP) is 4.49. The van der Waals surface area contributed by atoms with E-state index in [1.165, 1.54) is 11.6 Å². The molecule has 31 heavy (non-hydrogen) atoms. The molecule has 0 radical (unpaired) electrons. The molecule has 0 saturated carbocycles. The van der Waals surface area contributed by atoms with Crippen LogP contribution < -0.4 is 10.6 Å². The van der Waals surface area contributed by atoms with Crippen molar-refractivity contribution in [2.75, 3.05) is 30.3 Å². The van der Waals surface area contributed by atoms with Crippen LogP contribution in [-0.2, 0) is 4.79 Å². The first-order chi connectivity index (χ1) is 15.1. The van der Waals surface area contributed by atoms with Gasteiger partial charge in [0, 0.05) is 12.4 Å². The van der Waals surface area contributed by atoms with Crippen molar-refractivity contribution in [2.45, 2.75) is 25.7 Å². The SMILES string of the molecule is Cc1ccc(F)c(NC(=O)CN2CCC(c3ccnc(Nc4ccccn4)c3)CC2)c1. The van der Waals surface area contributed by atoms with E-state index in [4.69, 9.17) is 0 Å². The second-order valence-electron chi connectivity index (χ2n) is 7.90. The highest BCUT2D eigenvalue weighted by Gasteiger charge is 2.22. The van der Waals surface area contributed by atoms with Gasteiger partial charge in [-0.3, -0.25) is 9.69 Å². The second-order valence-corrected chi connectivity index (χ2v) is 7.90. The quantitative estimate of drug-likeness (QED) is 0.616. The maximum absolute atomic E-state index is 13.9. The second kappa shape index (κ2) is 9.66. The Bertz CT molecular complexity index is 1040. The molecule has 160 valence electrons. The molecule has 1 aromatic carbocycles. The highest BCUT2D eigenvalue weighted by atomic mass is 19.1. The van der Waals surface area contributed by atoms with Crippen LogP contribution in [0, 0.1) is 12.7 Å². The zero-order valence-electron chi connectivity index (χ0n) is 17.5. The van der Waals surface area contributed by atoms with E-state index >= 15 is 0 Å². The van der Waals surface area contributed by atoms with Gasteiger partial charge in [0.15, 0.2) is 0 Å². The Kier molecular flexibility index (Phi) is 6.52. The van der Waals surface area contributed by atoms with Gasteiger partial charge >= 0.3 is 0 Å². The summed E-state index contributed by atoms with van der Waals surface area (Å²) >= 11 is 0. The van der Waals surface area contributed by atoms with Crippen molar-refractivity contribution in [3.05, 3.63) is 77.9 Å². The molecule has 1 aliphatic heterocycles. The summed E-state index contributed by atoms with van der Waals surface area (Å²) in [5, 5.41) is 5.93. The fourth-order valence-electron chi connectivity index (χ4n) is 3.89. The standard InChI is InChI=1S/C24H26FN5O/c1-17-5-6-20(25)21(14-17)28-24(31)16-30-12-8-18(9-13-30)19-7-11-27-23(15-19)29-22-4-2-3-10-26-22/h2-7,10-11,14-15,18H,8-9,12-13,16H2,1H3,(H,28,31)(H,26,27,29). The lowest BCUT2D eigenvalue weighted by Gasteiger charge is -2.31. The van der Waals surface area contributed by atoms with E-state index in [-0.39, 0.29) is 18.1 Å². The number of pyridine rings is 2. The van der Waals surface area contributed by atoms with Crippen LogP contribution in [0.1, 0.15) is 29.9 Å². The summed E-state index contributed by atoms with van der Waals surface area (Å²) in [6.45, 7) is 3.78. The summed E-state index contributed by atoms with van der Waals surface area (Å²) in [4.78, 5) is 23.2. The summed E-state index contributed by atoms with van der Waals surface area (Å²) in [5.41, 5.74) is 2.38. The van der Waals surface area contributed by atoms with E-state index in [1.807, 2.05) is 31.3 Å². The molecule has 1 saturated heterocycles. The van der Waals surface area contributed by atoms with Crippen molar-refractivity contribution in [1.82, 2.24) is 14.9 Å². The first-order valence-corrected chi connectivity index (χ1v) is 10.5. The molecule has 2 N–H and O–H groups in total. The van der Waals surface area contributed by atoms with E-state index in [9.17, 15) is 9.18 Å². The van der Waals surface area contributed by atoms with Crippen molar-refractivity contribution in [1.29, 1.82) is 0 Å². The predicted molar refractivity (Wildman–Crippen MR) is 120 cm³/mol. The van der Waals surface area contributed by atoms with Gasteiger partial charge in [-0.05, 0) is 86.3 Å². The van der Waals surface area contributed by atoms with Gasteiger partial charge in [-0.1, -0.05) is 12.1 Å². The van der Waals surface area contributed by atoms with Crippen molar-refractivity contribution < 1.29 is 9.18 Å². The molecule has 3 aromatic rings. The molecular weight excluding hydrogens is 393 g/mol. The summed E-state index contributed by atoms with van der Waals surface area (Å²) in [6, 6.07) is 14.5. The number of hydrogen-bond acceptors (Lipinski definition) is 5. The van der Waals surface area contributed by atoms with E-state index in [2.05, 4.69) is 37.6 Å². The fourth-order valence-corrected chi connectivity index (χ4v) is 3.89. The zero-order valence-corrected chi connectivity index (χ0v) is 17.5. The average molecular weight is 420 g/mol. The first kappa shape index (κ1) is 20.9. The molecule has 0 spiro atoms. The zero-order chi connectivity index (χ0) is 21.6. The smallest absolute Gasteiger partial charge is 0.238 e. The number of carbonyl (C=O) groups is 1. The van der Waals surface area contributed by atoms with Gasteiger partial charge in [0.05, 0.1) is 12.2 Å². The normalized spacial score (nSPS) is 14.9. The topological polar surface area (TPSA) is 70.2 Å². The number of nitrogens with zero attached hydrogens (tertiary/aromatic N) is 3. The Hall–Kier alpha value is -3.32. The molecule has 1 amide bonds. The van der Waals surface area contributed by atoms with Gasteiger partial charge in [0.2, 0.25) is 5.91 Å². The summed E-state index contributed by atoms with van der Waals surface area (Å²) in [7, 11) is 0. The van der Waals surface area contributed by atoms with Gasteiger partial charge in [-0.25, -0.2) is 14.4 Å². The van der Waals surface area contributed by atoms with Crippen LogP contribution in [0.3, 0.4) is 0 Å². The molecule has 3 heterocycles. The molecule has 7 heteroatoms. The average Bonchev–Trinajstić information content (AvgIpc) is 2.78. The minimum atomic E-state index is -0.412. The third kappa shape index (κ3) is 5.64. The Balaban J connectivity index is 1.30. The number of likely N-dealkylation sites (tertiary alicyclic amines) is 1. The minimum absolute atomic E-state index is 0.186. The number of aromatic nitrogens is 2. The van der Waals surface area contributed by atoms with E-state index < -0.39 is 5.82 Å². The number of nitrogens with one attached hydrogen (secondary N) is 2. The third-order valence-electron chi connectivity index (χ3n) is 5.53. The number of anilines is 3. The van der Waals surface area contributed by atoms with Gasteiger partial charge in [-0.15, -0.1) is 0 Å². The van der Waals surface area contributed by atoms with Crippen LogP contribution >= 0.6 is 0 Å². The molecule has 4 rings (SSSR count). The lowest BCUT2D eigenvalue weighted by atomic mass is 9.90. The van der Waals surface area contributed by atoms with E-state index in [0.29, 0.717) is 5.92 Å². The van der Waals surface area contributed by atoms with Crippen molar-refractivity contribution in [2.24, 2.45) is 0 Å². The van der Waals surface area contributed by atoms with Crippen LogP contribution in [0.15, 0.2) is 60.9 Å². The van der Waals surface area contributed by atoms with Crippen LogP contribution in [0.2, 0.25) is 0 Å². The number of piperidine rings is 1. The number of aryl methyl sites for hydroxylation is 1. The molecule has 2 aromatic heterocycles. The van der Waals surface area contributed by atoms with Gasteiger partial charge in [-0.2, -0.15) is 0 Å². The molecule has 1 fully saturated rings. The molecule has 6 nitrogen and oxygen atoms in total. The van der Waals surface area contributed by atoms with Gasteiger partial charge in [0.25, 0.3) is 0 Å². The lowest BCUT2D eigenvalue weighted by Crippen LogP contribution is -2.38.